The van der Waals surface area contributed by atoms with Gasteiger partial charge in [-0.3, -0.25) is 14.5 Å². The van der Waals surface area contributed by atoms with Crippen molar-refractivity contribution in [2.75, 3.05) is 26.2 Å². The summed E-state index contributed by atoms with van der Waals surface area (Å²) in [4.78, 5) is 34.0. The summed E-state index contributed by atoms with van der Waals surface area (Å²) in [6.45, 7) is 1.91. The Morgan fingerprint density at radius 3 is 2.49 bits per heavy atom. The molecular formula is C28H22N2O6S. The number of nitrogens with zero attached hydrogens (tertiary/aromatic N) is 2. The van der Waals surface area contributed by atoms with Crippen molar-refractivity contribution in [2.24, 2.45) is 0 Å². The number of ether oxygens (including phenoxy) is 3. The second-order valence-corrected chi connectivity index (χ2v) is 9.70. The van der Waals surface area contributed by atoms with Gasteiger partial charge in [0.05, 0.1) is 48.5 Å². The van der Waals surface area contributed by atoms with Gasteiger partial charge in [-0.25, -0.2) is 4.98 Å². The van der Waals surface area contributed by atoms with Crippen molar-refractivity contribution in [1.82, 2.24) is 4.98 Å². The minimum atomic E-state index is -0.772. The Kier molecular flexibility index (Phi) is 5.38. The van der Waals surface area contributed by atoms with Crippen molar-refractivity contribution in [3.8, 4) is 17.2 Å². The summed E-state index contributed by atoms with van der Waals surface area (Å²) in [7, 11) is 4.69. The molecular weight excluding hydrogens is 492 g/mol. The predicted molar refractivity (Wildman–Crippen MR) is 142 cm³/mol. The van der Waals surface area contributed by atoms with Crippen LogP contribution in [0.3, 0.4) is 0 Å². The Morgan fingerprint density at radius 1 is 0.919 bits per heavy atom. The van der Waals surface area contributed by atoms with Gasteiger partial charge in [0.25, 0.3) is 5.91 Å². The maximum absolute atomic E-state index is 13.9. The highest BCUT2D eigenvalue weighted by Gasteiger charge is 2.45. The first-order chi connectivity index (χ1) is 17.9. The predicted octanol–water partition coefficient (Wildman–Crippen LogP) is 5.49. The van der Waals surface area contributed by atoms with Gasteiger partial charge in [-0.2, -0.15) is 0 Å². The first-order valence-electron chi connectivity index (χ1n) is 11.5. The Morgan fingerprint density at radius 2 is 1.73 bits per heavy atom. The van der Waals surface area contributed by atoms with E-state index in [1.165, 1.54) is 16.2 Å². The van der Waals surface area contributed by atoms with Crippen molar-refractivity contribution in [1.29, 1.82) is 0 Å². The Balaban J connectivity index is 1.62. The summed E-state index contributed by atoms with van der Waals surface area (Å²) in [5.41, 5.74) is 2.69. The molecule has 0 bridgehead atoms. The van der Waals surface area contributed by atoms with Gasteiger partial charge in [-0.15, -0.1) is 0 Å². The molecule has 1 amide bonds. The van der Waals surface area contributed by atoms with Crippen molar-refractivity contribution < 1.29 is 23.4 Å². The van der Waals surface area contributed by atoms with E-state index in [2.05, 4.69) is 0 Å². The highest BCUT2D eigenvalue weighted by molar-refractivity contribution is 7.22. The van der Waals surface area contributed by atoms with Crippen molar-refractivity contribution in [3.63, 3.8) is 0 Å². The number of rotatable bonds is 5. The summed E-state index contributed by atoms with van der Waals surface area (Å²) in [5, 5.41) is 0.868. The Labute approximate surface area is 215 Å². The average molecular weight is 515 g/mol. The number of hydrogen-bond donors (Lipinski definition) is 0. The molecule has 5 aromatic rings. The van der Waals surface area contributed by atoms with Gasteiger partial charge in [0, 0.05) is 0 Å². The molecule has 1 aliphatic heterocycles. The summed E-state index contributed by atoms with van der Waals surface area (Å²) < 4.78 is 23.2. The fourth-order valence-corrected chi connectivity index (χ4v) is 5.77. The van der Waals surface area contributed by atoms with Gasteiger partial charge < -0.3 is 18.6 Å². The topological polar surface area (TPSA) is 91.1 Å². The summed E-state index contributed by atoms with van der Waals surface area (Å²) in [5.74, 6) is 1.29. The largest absolute Gasteiger partial charge is 0.497 e. The number of fused-ring (bicyclic) bond motifs is 3. The zero-order valence-corrected chi connectivity index (χ0v) is 21.3. The number of carbonyl (C=O) groups is 1. The lowest BCUT2D eigenvalue weighted by Gasteiger charge is -2.23. The number of carbonyl (C=O) groups excluding carboxylic acids is 1. The van der Waals surface area contributed by atoms with Crippen LogP contribution in [-0.4, -0.2) is 32.2 Å². The van der Waals surface area contributed by atoms with Gasteiger partial charge in [0.2, 0.25) is 5.76 Å². The number of aryl methyl sites for hydroxylation is 1. The van der Waals surface area contributed by atoms with Crippen LogP contribution in [0.1, 0.15) is 33.3 Å². The van der Waals surface area contributed by atoms with E-state index in [0.29, 0.717) is 38.9 Å². The van der Waals surface area contributed by atoms with Crippen LogP contribution in [0.2, 0.25) is 0 Å². The molecule has 2 aromatic heterocycles. The number of aromatic nitrogens is 1. The molecule has 3 heterocycles. The Hall–Kier alpha value is -4.37. The number of anilines is 1. The minimum Gasteiger partial charge on any atom is -0.497 e. The summed E-state index contributed by atoms with van der Waals surface area (Å²) in [6.07, 6.45) is 0. The van der Waals surface area contributed by atoms with Crippen LogP contribution >= 0.6 is 11.3 Å². The Bertz CT molecular complexity index is 1770. The zero-order chi connectivity index (χ0) is 25.8. The molecule has 0 spiro atoms. The number of amides is 1. The molecule has 1 aliphatic rings. The summed E-state index contributed by atoms with van der Waals surface area (Å²) in [6, 6.07) is 15.5. The number of methoxy groups -OCH3 is 3. The molecule has 186 valence electrons. The first-order valence-corrected chi connectivity index (χ1v) is 12.3. The van der Waals surface area contributed by atoms with Gasteiger partial charge >= 0.3 is 0 Å². The quantitative estimate of drug-likeness (QED) is 0.306. The molecule has 1 atom stereocenters. The van der Waals surface area contributed by atoms with Crippen LogP contribution in [0.4, 0.5) is 5.13 Å². The summed E-state index contributed by atoms with van der Waals surface area (Å²) >= 11 is 1.34. The SMILES string of the molecule is COc1ccc2nc(N3C(=O)c4oc5ccc(C)cc5c(=O)c4C3c3ccc(OC)c(OC)c3)sc2c1. The van der Waals surface area contributed by atoms with Crippen LogP contribution < -0.4 is 24.5 Å². The van der Waals surface area contributed by atoms with Gasteiger partial charge in [0.1, 0.15) is 11.3 Å². The molecule has 3 aromatic carbocycles. The second-order valence-electron chi connectivity index (χ2n) is 8.70. The van der Waals surface area contributed by atoms with Crippen molar-refractivity contribution >= 4 is 43.6 Å². The van der Waals surface area contributed by atoms with Gasteiger partial charge in [-0.05, 0) is 55.0 Å². The van der Waals surface area contributed by atoms with E-state index in [-0.39, 0.29) is 16.8 Å². The lowest BCUT2D eigenvalue weighted by Crippen LogP contribution is -2.29. The van der Waals surface area contributed by atoms with E-state index in [1.807, 2.05) is 37.3 Å². The van der Waals surface area contributed by atoms with Crippen molar-refractivity contribution in [2.45, 2.75) is 13.0 Å². The highest BCUT2D eigenvalue weighted by Crippen LogP contribution is 2.45. The number of benzene rings is 3. The minimum absolute atomic E-state index is 0.0120. The highest BCUT2D eigenvalue weighted by atomic mass is 32.1. The first kappa shape index (κ1) is 23.1. The smallest absolute Gasteiger partial charge is 0.297 e. The van der Waals surface area contributed by atoms with E-state index in [9.17, 15) is 9.59 Å². The standard InChI is InChI=1S/C28H22N2O6S/c1-14-5-9-19-17(11-14)25(31)23-24(15-6-10-20(34-3)21(12-15)35-4)30(27(32)26(23)36-19)28-29-18-8-7-16(33-2)13-22(18)37-28/h5-13,24H,1-4H3. The maximum atomic E-state index is 13.9. The molecule has 0 aliphatic carbocycles. The second kappa shape index (κ2) is 8.63. The third kappa shape index (κ3) is 3.54. The van der Waals surface area contributed by atoms with Crippen molar-refractivity contribution in [3.05, 3.63) is 87.3 Å². The molecule has 8 nitrogen and oxygen atoms in total. The van der Waals surface area contributed by atoms with Crippen LogP contribution in [0.25, 0.3) is 21.2 Å². The molecule has 0 radical (unpaired) electrons. The van der Waals surface area contributed by atoms with E-state index in [1.54, 1.807) is 45.6 Å². The van der Waals surface area contributed by atoms with E-state index in [4.69, 9.17) is 23.6 Å². The van der Waals surface area contributed by atoms with Crippen LogP contribution in [0, 0.1) is 6.92 Å². The van der Waals surface area contributed by atoms with Gasteiger partial charge in [0.15, 0.2) is 22.1 Å². The molecule has 6 rings (SSSR count). The molecule has 37 heavy (non-hydrogen) atoms. The molecule has 9 heteroatoms. The molecule has 0 N–H and O–H groups in total. The van der Waals surface area contributed by atoms with E-state index in [0.717, 1.165) is 15.8 Å². The average Bonchev–Trinajstić information content (AvgIpc) is 3.46. The lowest BCUT2D eigenvalue weighted by atomic mass is 9.98. The maximum Gasteiger partial charge on any atom is 0.297 e. The normalized spacial score (nSPS) is 14.9. The van der Waals surface area contributed by atoms with Crippen LogP contribution in [-0.2, 0) is 0 Å². The lowest BCUT2D eigenvalue weighted by molar-refractivity contribution is 0.0971. The number of hydrogen-bond acceptors (Lipinski definition) is 8. The monoisotopic (exact) mass is 514 g/mol. The fourth-order valence-electron chi connectivity index (χ4n) is 4.75. The fraction of sp³-hybridized carbons (Fsp3) is 0.179. The third-order valence-corrected chi connectivity index (χ3v) is 7.56. The van der Waals surface area contributed by atoms with E-state index >= 15 is 0 Å². The van der Waals surface area contributed by atoms with Crippen LogP contribution in [0.5, 0.6) is 17.2 Å². The van der Waals surface area contributed by atoms with Crippen LogP contribution in [0.15, 0.2) is 63.8 Å². The zero-order valence-electron chi connectivity index (χ0n) is 20.5. The molecule has 0 fully saturated rings. The third-order valence-electron chi connectivity index (χ3n) is 6.54. The van der Waals surface area contributed by atoms with Gasteiger partial charge in [-0.1, -0.05) is 29.0 Å². The van der Waals surface area contributed by atoms with E-state index < -0.39 is 11.9 Å². The molecule has 0 saturated carbocycles. The molecule has 0 saturated heterocycles. The molecule has 1 unspecified atom stereocenters. The number of thiazole rings is 1.